The van der Waals surface area contributed by atoms with Crippen LogP contribution in [-0.4, -0.2) is 27.0 Å². The Morgan fingerprint density at radius 1 is 0.976 bits per heavy atom. The van der Waals surface area contributed by atoms with E-state index in [2.05, 4.69) is 4.98 Å². The van der Waals surface area contributed by atoms with Crippen molar-refractivity contribution in [2.75, 3.05) is 4.90 Å². The highest BCUT2D eigenvalue weighted by Gasteiger charge is 2.57. The van der Waals surface area contributed by atoms with Crippen LogP contribution in [0.15, 0.2) is 82.6 Å². The average molecular weight is 614 g/mol. The molecule has 1 fully saturated rings. The van der Waals surface area contributed by atoms with Crippen LogP contribution in [0.5, 0.6) is 5.75 Å². The number of fused-ring (bicyclic) bond motifs is 2. The highest BCUT2D eigenvalue weighted by atomic mass is 32.2. The van der Waals surface area contributed by atoms with Crippen LogP contribution in [0.1, 0.15) is 27.5 Å². The first-order valence-electron chi connectivity index (χ1n) is 12.4. The number of alkyl halides is 3. The Balaban J connectivity index is 1.48. The van der Waals surface area contributed by atoms with Gasteiger partial charge in [0.15, 0.2) is 0 Å². The molecule has 0 spiro atoms. The molecule has 2 aliphatic heterocycles. The van der Waals surface area contributed by atoms with E-state index in [1.165, 1.54) is 24.3 Å². The Bertz CT molecular complexity index is 1790. The molecule has 2 amide bonds. The summed E-state index contributed by atoms with van der Waals surface area (Å²) in [6.07, 6.45) is -4.70. The Hall–Kier alpha value is -4.43. The minimum atomic E-state index is -4.70. The van der Waals surface area contributed by atoms with Crippen molar-refractivity contribution in [1.82, 2.24) is 4.98 Å². The second-order valence-electron chi connectivity index (χ2n) is 9.56. The number of H-pyrrole nitrogens is 1. The number of thiazole rings is 1. The van der Waals surface area contributed by atoms with Crippen LogP contribution >= 0.6 is 23.1 Å². The van der Waals surface area contributed by atoms with E-state index in [-0.39, 0.29) is 29.3 Å². The maximum atomic E-state index is 14.0. The summed E-state index contributed by atoms with van der Waals surface area (Å²) in [5.41, 5.74) is -0.570. The molecule has 42 heavy (non-hydrogen) atoms. The van der Waals surface area contributed by atoms with Crippen LogP contribution in [0.3, 0.4) is 0 Å². The maximum Gasteiger partial charge on any atom is 0.416 e. The normalized spacial score (nSPS) is 19.9. The van der Waals surface area contributed by atoms with Gasteiger partial charge in [-0.1, -0.05) is 59.5 Å². The first-order chi connectivity index (χ1) is 20.0. The van der Waals surface area contributed by atoms with E-state index in [4.69, 9.17) is 4.74 Å². The molecule has 3 atom stereocenters. The van der Waals surface area contributed by atoms with E-state index in [0.717, 1.165) is 51.8 Å². The summed E-state index contributed by atoms with van der Waals surface area (Å²) in [6.45, 7) is 0.0840. The van der Waals surface area contributed by atoms with Gasteiger partial charge >= 0.3 is 11.0 Å². The molecule has 0 aliphatic carbocycles. The average Bonchev–Trinajstić information content (AvgIpc) is 3.46. The number of nitrogens with one attached hydrogen (secondary N) is 1. The fourth-order valence-corrected chi connectivity index (χ4v) is 7.69. The number of imide groups is 1. The lowest BCUT2D eigenvalue weighted by Crippen LogP contribution is -2.32. The number of halogens is 3. The van der Waals surface area contributed by atoms with Gasteiger partial charge in [-0.25, -0.2) is 4.90 Å². The maximum absolute atomic E-state index is 14.0. The monoisotopic (exact) mass is 613 g/mol. The number of hydrogen-bond donors (Lipinski definition) is 1. The second-order valence-corrected chi connectivity index (χ2v) is 11.7. The van der Waals surface area contributed by atoms with Crippen molar-refractivity contribution < 1.29 is 32.4 Å². The van der Waals surface area contributed by atoms with Gasteiger partial charge in [-0.2, -0.15) is 13.2 Å². The Kier molecular flexibility index (Phi) is 6.89. The molecule has 1 N–H and O–H groups in total. The first kappa shape index (κ1) is 27.7. The summed E-state index contributed by atoms with van der Waals surface area (Å²) in [6, 6.07) is 16.9. The number of carbonyl (C=O) groups excluding carboxylic acids is 2. The lowest BCUT2D eigenvalue weighted by Gasteiger charge is -2.30. The number of nitro benzene ring substituents is 1. The summed E-state index contributed by atoms with van der Waals surface area (Å²) < 4.78 is 46.4. The van der Waals surface area contributed by atoms with Crippen LogP contribution in [0.4, 0.5) is 24.5 Å². The van der Waals surface area contributed by atoms with Gasteiger partial charge in [-0.05, 0) is 29.8 Å². The molecule has 0 unspecified atom stereocenters. The second kappa shape index (κ2) is 10.4. The third-order valence-electron chi connectivity index (χ3n) is 7.03. The largest absolute Gasteiger partial charge is 0.489 e. The SMILES string of the molecule is O=C1[C@H]2[C@H](c3cc([N+](=O)[O-])ccc3OCc3ccccc3)c3sc(=O)[nH]c3S[C@H]2C(=O)N1c1cccc(C(F)(F)F)c1. The van der Waals surface area contributed by atoms with Gasteiger partial charge in [-0.3, -0.25) is 24.5 Å². The molecule has 6 rings (SSSR count). The number of non-ortho nitro benzene ring substituents is 1. The van der Waals surface area contributed by atoms with Gasteiger partial charge in [0, 0.05) is 28.5 Å². The molecule has 3 heterocycles. The summed E-state index contributed by atoms with van der Waals surface area (Å²) >= 11 is 1.74. The van der Waals surface area contributed by atoms with E-state index in [1.807, 2.05) is 30.3 Å². The molecule has 0 bridgehead atoms. The number of benzene rings is 3. The highest BCUT2D eigenvalue weighted by Crippen LogP contribution is 2.55. The molecule has 14 heteroatoms. The molecular formula is C28H18F3N3O6S2. The lowest BCUT2D eigenvalue weighted by molar-refractivity contribution is -0.385. The van der Waals surface area contributed by atoms with Gasteiger partial charge in [0.25, 0.3) is 5.69 Å². The van der Waals surface area contributed by atoms with E-state index < -0.39 is 50.4 Å². The standard InChI is InChI=1S/C28H18F3N3O6S2/c29-28(30,31)15-7-4-8-16(11-15)33-25(35)21-20(22-24(32-27(37)42-22)41-23(21)26(33)36)18-12-17(34(38)39)9-10-19(18)40-13-14-5-2-1-3-6-14/h1-12,20-21,23H,13H2,(H,32,37)/t20-,21-,23+/m0/s1. The zero-order valence-electron chi connectivity index (χ0n) is 21.2. The van der Waals surface area contributed by atoms with E-state index in [0.29, 0.717) is 9.90 Å². The van der Waals surface area contributed by atoms with Crippen LogP contribution < -0.4 is 14.5 Å². The number of aromatic nitrogens is 1. The quantitative estimate of drug-likeness (QED) is 0.167. The fraction of sp³-hybridized carbons (Fsp3) is 0.179. The summed E-state index contributed by atoms with van der Waals surface area (Å²) in [7, 11) is 0. The molecule has 2 aliphatic rings. The highest BCUT2D eigenvalue weighted by molar-refractivity contribution is 8.00. The van der Waals surface area contributed by atoms with Gasteiger partial charge in [-0.15, -0.1) is 0 Å². The minimum Gasteiger partial charge on any atom is -0.489 e. The Morgan fingerprint density at radius 2 is 1.74 bits per heavy atom. The molecule has 0 radical (unpaired) electrons. The number of thioether (sulfide) groups is 1. The van der Waals surface area contributed by atoms with E-state index in [1.54, 1.807) is 0 Å². The molecule has 9 nitrogen and oxygen atoms in total. The van der Waals surface area contributed by atoms with Crippen LogP contribution in [0.2, 0.25) is 0 Å². The minimum absolute atomic E-state index is 0.0840. The molecule has 1 saturated heterocycles. The predicted molar refractivity (Wildman–Crippen MR) is 148 cm³/mol. The van der Waals surface area contributed by atoms with Crippen molar-refractivity contribution in [3.8, 4) is 5.75 Å². The Morgan fingerprint density at radius 3 is 2.45 bits per heavy atom. The number of amides is 2. The van der Waals surface area contributed by atoms with Crippen molar-refractivity contribution in [3.05, 3.63) is 114 Å². The molecule has 1 aromatic heterocycles. The number of anilines is 1. The molecule has 214 valence electrons. The van der Waals surface area contributed by atoms with Crippen LogP contribution in [0.25, 0.3) is 0 Å². The van der Waals surface area contributed by atoms with Gasteiger partial charge in [0.2, 0.25) is 11.8 Å². The predicted octanol–water partition coefficient (Wildman–Crippen LogP) is 5.74. The zero-order chi connectivity index (χ0) is 29.8. The zero-order valence-corrected chi connectivity index (χ0v) is 22.8. The van der Waals surface area contributed by atoms with Crippen molar-refractivity contribution in [2.24, 2.45) is 5.92 Å². The van der Waals surface area contributed by atoms with Gasteiger partial charge < -0.3 is 9.72 Å². The van der Waals surface area contributed by atoms with Crippen molar-refractivity contribution in [3.63, 3.8) is 0 Å². The summed E-state index contributed by atoms with van der Waals surface area (Å²) in [5.74, 6) is -3.56. The molecular weight excluding hydrogens is 595 g/mol. The molecule has 0 saturated carbocycles. The van der Waals surface area contributed by atoms with Crippen LogP contribution in [-0.2, 0) is 22.4 Å². The number of carbonyl (C=O) groups is 2. The smallest absolute Gasteiger partial charge is 0.416 e. The van der Waals surface area contributed by atoms with Crippen molar-refractivity contribution in [1.29, 1.82) is 0 Å². The molecule has 3 aromatic carbocycles. The van der Waals surface area contributed by atoms with Crippen molar-refractivity contribution >= 4 is 46.3 Å². The number of nitro groups is 1. The van der Waals surface area contributed by atoms with Crippen LogP contribution in [0, 0.1) is 16.0 Å². The third kappa shape index (κ3) is 4.86. The molecule has 4 aromatic rings. The van der Waals surface area contributed by atoms with Crippen molar-refractivity contribution in [2.45, 2.75) is 29.0 Å². The topological polar surface area (TPSA) is 123 Å². The van der Waals surface area contributed by atoms with E-state index >= 15 is 0 Å². The third-order valence-corrected chi connectivity index (χ3v) is 9.43. The Labute approximate surface area is 243 Å². The van der Waals surface area contributed by atoms with Gasteiger partial charge in [0.05, 0.1) is 27.1 Å². The summed E-state index contributed by atoms with van der Waals surface area (Å²) in [4.78, 5) is 54.5. The number of aromatic amines is 1. The number of ether oxygens (including phenoxy) is 1. The lowest BCUT2D eigenvalue weighted by atomic mass is 9.82. The number of nitrogens with zero attached hydrogens (tertiary/aromatic N) is 2. The fourth-order valence-electron chi connectivity index (χ4n) is 5.19. The summed E-state index contributed by atoms with van der Waals surface area (Å²) in [5, 5.41) is 11.0. The first-order valence-corrected chi connectivity index (χ1v) is 14.1. The number of rotatable bonds is 6. The number of hydrogen-bond acceptors (Lipinski definition) is 8. The van der Waals surface area contributed by atoms with Gasteiger partial charge in [0.1, 0.15) is 17.6 Å². The van der Waals surface area contributed by atoms with E-state index in [9.17, 15) is 37.7 Å².